The first-order valence-electron chi connectivity index (χ1n) is 6.11. The van der Waals surface area contributed by atoms with Crippen molar-refractivity contribution in [3.63, 3.8) is 0 Å². The second kappa shape index (κ2) is 5.65. The Morgan fingerprint density at radius 2 is 1.90 bits per heavy atom. The Balaban J connectivity index is 1.88. The molecule has 5 heteroatoms. The van der Waals surface area contributed by atoms with Gasteiger partial charge in [0.1, 0.15) is 0 Å². The second-order valence-corrected chi connectivity index (χ2v) is 5.22. The van der Waals surface area contributed by atoms with Crippen molar-refractivity contribution >= 4 is 23.2 Å². The summed E-state index contributed by atoms with van der Waals surface area (Å²) >= 11 is 12.3. The van der Waals surface area contributed by atoms with Gasteiger partial charge >= 0.3 is 0 Å². The molecule has 2 aromatic heterocycles. The molecule has 3 nitrogen and oxygen atoms in total. The van der Waals surface area contributed by atoms with Crippen molar-refractivity contribution in [2.24, 2.45) is 0 Å². The topological polar surface area (TPSA) is 41.6 Å². The molecule has 0 spiro atoms. The Kier molecular flexibility index (Phi) is 3.72. The summed E-state index contributed by atoms with van der Waals surface area (Å²) in [5.41, 5.74) is 3.72. The van der Waals surface area contributed by atoms with Gasteiger partial charge in [-0.05, 0) is 23.8 Å². The number of nitrogens with zero attached hydrogens (tertiary/aromatic N) is 2. The number of halogens is 2. The number of aromatic nitrogens is 3. The molecule has 1 aromatic carbocycles. The first-order chi connectivity index (χ1) is 9.74. The Bertz CT molecular complexity index is 737. The Morgan fingerprint density at radius 1 is 1.05 bits per heavy atom. The van der Waals surface area contributed by atoms with Gasteiger partial charge in [0, 0.05) is 35.1 Å². The lowest BCUT2D eigenvalue weighted by atomic mass is 10.1. The highest BCUT2D eigenvalue weighted by Crippen LogP contribution is 2.26. The molecule has 0 atom stereocenters. The molecular weight excluding hydrogens is 293 g/mol. The third-order valence-electron chi connectivity index (χ3n) is 3.02. The predicted molar refractivity (Wildman–Crippen MR) is 81.1 cm³/mol. The van der Waals surface area contributed by atoms with Crippen LogP contribution in [-0.2, 0) is 6.42 Å². The number of benzene rings is 1. The van der Waals surface area contributed by atoms with Gasteiger partial charge < -0.3 is 0 Å². The van der Waals surface area contributed by atoms with Crippen molar-refractivity contribution in [1.29, 1.82) is 0 Å². The lowest BCUT2D eigenvalue weighted by molar-refractivity contribution is 0.998. The van der Waals surface area contributed by atoms with E-state index in [9.17, 15) is 0 Å². The quantitative estimate of drug-likeness (QED) is 0.780. The number of hydrogen-bond acceptors (Lipinski definition) is 2. The van der Waals surface area contributed by atoms with Crippen LogP contribution in [0.15, 0.2) is 48.8 Å². The summed E-state index contributed by atoms with van der Waals surface area (Å²) in [7, 11) is 0. The fourth-order valence-electron chi connectivity index (χ4n) is 2.02. The van der Waals surface area contributed by atoms with Gasteiger partial charge in [-0.2, -0.15) is 5.10 Å². The number of rotatable bonds is 3. The Hall–Kier alpha value is -1.84. The van der Waals surface area contributed by atoms with Crippen LogP contribution in [0, 0.1) is 0 Å². The molecule has 20 heavy (non-hydrogen) atoms. The van der Waals surface area contributed by atoms with E-state index in [4.69, 9.17) is 23.2 Å². The smallest absolute Gasteiger partial charge is 0.0939 e. The van der Waals surface area contributed by atoms with Crippen LogP contribution in [0.25, 0.3) is 11.3 Å². The molecule has 0 aliphatic rings. The number of aromatic amines is 1. The SMILES string of the molecule is Clc1ccccc1Cc1cc(-c2ccncc2Cl)n[nH]1. The summed E-state index contributed by atoms with van der Waals surface area (Å²) in [6.45, 7) is 0. The van der Waals surface area contributed by atoms with Crippen molar-refractivity contribution < 1.29 is 0 Å². The second-order valence-electron chi connectivity index (χ2n) is 4.40. The maximum absolute atomic E-state index is 6.16. The van der Waals surface area contributed by atoms with Gasteiger partial charge in [-0.25, -0.2) is 0 Å². The summed E-state index contributed by atoms with van der Waals surface area (Å²) in [5, 5.41) is 8.65. The molecule has 0 fully saturated rings. The molecule has 0 aliphatic carbocycles. The number of pyridine rings is 1. The largest absolute Gasteiger partial charge is 0.282 e. The first kappa shape index (κ1) is 13.2. The molecule has 3 aromatic rings. The van der Waals surface area contributed by atoms with E-state index in [-0.39, 0.29) is 0 Å². The van der Waals surface area contributed by atoms with Crippen molar-refractivity contribution in [3.8, 4) is 11.3 Å². The van der Waals surface area contributed by atoms with E-state index in [0.29, 0.717) is 11.4 Å². The molecule has 1 N–H and O–H groups in total. The minimum absolute atomic E-state index is 0.586. The predicted octanol–water partition coefficient (Wildman–Crippen LogP) is 4.37. The van der Waals surface area contributed by atoms with Gasteiger partial charge in [0.05, 0.1) is 10.7 Å². The standard InChI is InChI=1S/C15H11Cl2N3/c16-13-4-2-1-3-10(13)7-11-8-15(20-19-11)12-5-6-18-9-14(12)17/h1-6,8-9H,7H2,(H,19,20). The van der Waals surface area contributed by atoms with Crippen molar-refractivity contribution in [2.75, 3.05) is 0 Å². The fourth-order valence-corrected chi connectivity index (χ4v) is 2.44. The van der Waals surface area contributed by atoms with Crippen LogP contribution in [0.3, 0.4) is 0 Å². The molecule has 0 aliphatic heterocycles. The van der Waals surface area contributed by atoms with Crippen LogP contribution in [-0.4, -0.2) is 15.2 Å². The summed E-state index contributed by atoms with van der Waals surface area (Å²) < 4.78 is 0. The van der Waals surface area contributed by atoms with Gasteiger partial charge in [0.2, 0.25) is 0 Å². The maximum atomic E-state index is 6.16. The molecular formula is C15H11Cl2N3. The van der Waals surface area contributed by atoms with Crippen LogP contribution < -0.4 is 0 Å². The lowest BCUT2D eigenvalue weighted by Gasteiger charge is -2.01. The van der Waals surface area contributed by atoms with Gasteiger partial charge in [-0.15, -0.1) is 0 Å². The summed E-state index contributed by atoms with van der Waals surface area (Å²) in [5.74, 6) is 0. The van der Waals surface area contributed by atoms with Crippen molar-refractivity contribution in [3.05, 3.63) is 70.1 Å². The number of hydrogen-bond donors (Lipinski definition) is 1. The van der Waals surface area contributed by atoms with Crippen LogP contribution in [0.5, 0.6) is 0 Å². The van der Waals surface area contributed by atoms with E-state index in [1.807, 2.05) is 36.4 Å². The van der Waals surface area contributed by atoms with E-state index in [2.05, 4.69) is 15.2 Å². The molecule has 2 heterocycles. The van der Waals surface area contributed by atoms with Gasteiger partial charge in [0.25, 0.3) is 0 Å². The first-order valence-corrected chi connectivity index (χ1v) is 6.87. The van der Waals surface area contributed by atoms with Crippen LogP contribution in [0.1, 0.15) is 11.3 Å². The third kappa shape index (κ3) is 2.69. The average Bonchev–Trinajstić information content (AvgIpc) is 2.90. The Labute approximate surface area is 126 Å². The maximum Gasteiger partial charge on any atom is 0.0939 e. The molecule has 0 saturated heterocycles. The molecule has 3 rings (SSSR count). The molecule has 0 unspecified atom stereocenters. The summed E-state index contributed by atoms with van der Waals surface area (Å²) in [6, 6.07) is 11.6. The average molecular weight is 304 g/mol. The van der Waals surface area contributed by atoms with Crippen LogP contribution in [0.4, 0.5) is 0 Å². The molecule has 0 bridgehead atoms. The van der Waals surface area contributed by atoms with Crippen molar-refractivity contribution in [2.45, 2.75) is 6.42 Å². The molecule has 100 valence electrons. The van der Waals surface area contributed by atoms with E-state index in [0.717, 1.165) is 27.5 Å². The summed E-state index contributed by atoms with van der Waals surface area (Å²) in [6.07, 6.45) is 4.01. The molecule has 0 amide bonds. The van der Waals surface area contributed by atoms with E-state index >= 15 is 0 Å². The third-order valence-corrected chi connectivity index (χ3v) is 3.69. The zero-order chi connectivity index (χ0) is 13.9. The summed E-state index contributed by atoms with van der Waals surface area (Å²) in [4.78, 5) is 3.97. The van der Waals surface area contributed by atoms with E-state index in [1.54, 1.807) is 12.4 Å². The molecule has 0 saturated carbocycles. The minimum atomic E-state index is 0.586. The highest BCUT2D eigenvalue weighted by Gasteiger charge is 2.09. The monoisotopic (exact) mass is 303 g/mol. The lowest BCUT2D eigenvalue weighted by Crippen LogP contribution is -1.89. The minimum Gasteiger partial charge on any atom is -0.282 e. The van der Waals surface area contributed by atoms with Gasteiger partial charge in [0.15, 0.2) is 0 Å². The van der Waals surface area contributed by atoms with Gasteiger partial charge in [-0.1, -0.05) is 41.4 Å². The number of H-pyrrole nitrogens is 1. The fraction of sp³-hybridized carbons (Fsp3) is 0.0667. The van der Waals surface area contributed by atoms with E-state index in [1.165, 1.54) is 0 Å². The highest BCUT2D eigenvalue weighted by atomic mass is 35.5. The molecule has 0 radical (unpaired) electrons. The Morgan fingerprint density at radius 3 is 2.70 bits per heavy atom. The van der Waals surface area contributed by atoms with E-state index < -0.39 is 0 Å². The zero-order valence-corrected chi connectivity index (χ0v) is 12.0. The van der Waals surface area contributed by atoms with Crippen LogP contribution in [0.2, 0.25) is 10.0 Å². The van der Waals surface area contributed by atoms with Crippen molar-refractivity contribution in [1.82, 2.24) is 15.2 Å². The normalized spacial score (nSPS) is 10.7. The van der Waals surface area contributed by atoms with Crippen LogP contribution >= 0.6 is 23.2 Å². The zero-order valence-electron chi connectivity index (χ0n) is 10.5. The van der Waals surface area contributed by atoms with Gasteiger partial charge in [-0.3, -0.25) is 10.1 Å². The number of nitrogens with one attached hydrogen (secondary N) is 1. The highest BCUT2D eigenvalue weighted by molar-refractivity contribution is 6.33.